The van der Waals surface area contributed by atoms with Crippen LogP contribution in [0.3, 0.4) is 0 Å². The fourth-order valence-electron chi connectivity index (χ4n) is 4.71. The maximum atomic E-state index is 13.7. The molecular weight excluding hydrogens is 492 g/mol. The number of esters is 2. The minimum Gasteiger partial charge on any atom is -0.468 e. The first-order valence-corrected chi connectivity index (χ1v) is 10.3. The minimum atomic E-state index is -1.67. The third-order valence-electron chi connectivity index (χ3n) is 5.93. The molecule has 0 N–H and O–H groups in total. The number of halogens is 2. The Hall–Kier alpha value is -1.99. The van der Waals surface area contributed by atoms with Crippen molar-refractivity contribution in [1.29, 1.82) is 0 Å². The minimum absolute atomic E-state index is 0.261. The molecule has 1 fully saturated rings. The van der Waals surface area contributed by atoms with Crippen molar-refractivity contribution >= 4 is 49.6 Å². The summed E-state index contributed by atoms with van der Waals surface area (Å²) >= 11 is 6.78. The van der Waals surface area contributed by atoms with Gasteiger partial charge in [0.25, 0.3) is 0 Å². The Bertz CT molecular complexity index is 1020. The highest BCUT2D eigenvalue weighted by atomic mass is 79.9. The second-order valence-corrected chi connectivity index (χ2v) is 8.80. The highest BCUT2D eigenvalue weighted by Gasteiger charge is 2.90. The molecule has 1 saturated carbocycles. The van der Waals surface area contributed by atoms with Gasteiger partial charge >= 0.3 is 11.9 Å². The molecule has 144 valence electrons. The Morgan fingerprint density at radius 3 is 2.36 bits per heavy atom. The second kappa shape index (κ2) is 6.52. The summed E-state index contributed by atoms with van der Waals surface area (Å²) in [4.78, 5) is 39.6. The lowest BCUT2D eigenvalue weighted by atomic mass is 9.83. The van der Waals surface area contributed by atoms with Crippen molar-refractivity contribution < 1.29 is 23.9 Å². The number of ketones is 1. The smallest absolute Gasteiger partial charge is 0.330 e. The van der Waals surface area contributed by atoms with Crippen molar-refractivity contribution in [3.63, 3.8) is 0 Å². The number of hydrogen-bond acceptors (Lipinski definition) is 5. The number of carbonyl (C=O) groups is 3. The summed E-state index contributed by atoms with van der Waals surface area (Å²) in [5.74, 6) is -1.99. The molecule has 0 unspecified atom stereocenters. The molecule has 0 bridgehead atoms. The van der Waals surface area contributed by atoms with Crippen LogP contribution in [0, 0.1) is 10.8 Å². The zero-order chi connectivity index (χ0) is 20.3. The van der Waals surface area contributed by atoms with E-state index in [4.69, 9.17) is 9.47 Å². The van der Waals surface area contributed by atoms with Gasteiger partial charge in [-0.05, 0) is 36.8 Å². The third kappa shape index (κ3) is 2.26. The molecule has 2 aromatic rings. The van der Waals surface area contributed by atoms with Gasteiger partial charge in [-0.15, -0.1) is 0 Å². The van der Waals surface area contributed by atoms with Crippen LogP contribution in [0.1, 0.15) is 35.2 Å². The molecule has 28 heavy (non-hydrogen) atoms. The van der Waals surface area contributed by atoms with Crippen molar-refractivity contribution in [2.24, 2.45) is 10.8 Å². The Kier molecular flexibility index (Phi) is 4.50. The molecule has 4 rings (SSSR count). The average Bonchev–Trinajstić information content (AvgIpc) is 3.35. The average molecular weight is 508 g/mol. The molecule has 0 saturated heterocycles. The Labute approximate surface area is 178 Å². The SMILES string of the molecule is CC[C@]1(C(=O)c2ccc(Br)cc2)[C@@H]2c3cc(Br)ccc3OC(=O)[C@]21C(=O)OC. The van der Waals surface area contributed by atoms with Gasteiger partial charge < -0.3 is 9.47 Å². The molecule has 1 heterocycles. The number of hydrogen-bond donors (Lipinski definition) is 0. The molecule has 0 aromatic heterocycles. The Balaban J connectivity index is 1.95. The summed E-state index contributed by atoms with van der Waals surface area (Å²) in [6.45, 7) is 1.81. The van der Waals surface area contributed by atoms with E-state index in [1.54, 1.807) is 42.5 Å². The van der Waals surface area contributed by atoms with Gasteiger partial charge in [0.05, 0.1) is 12.5 Å². The van der Waals surface area contributed by atoms with Gasteiger partial charge in [-0.25, -0.2) is 0 Å². The third-order valence-corrected chi connectivity index (χ3v) is 6.95. The van der Waals surface area contributed by atoms with Crippen LogP contribution in [-0.2, 0) is 14.3 Å². The predicted molar refractivity (Wildman–Crippen MR) is 108 cm³/mol. The molecule has 7 heteroatoms. The van der Waals surface area contributed by atoms with E-state index in [1.165, 1.54) is 7.11 Å². The number of carbonyl (C=O) groups excluding carboxylic acids is 3. The molecule has 5 nitrogen and oxygen atoms in total. The molecular formula is C21H16Br2O5. The zero-order valence-corrected chi connectivity index (χ0v) is 18.3. The van der Waals surface area contributed by atoms with Crippen LogP contribution in [0.15, 0.2) is 51.4 Å². The van der Waals surface area contributed by atoms with E-state index < -0.39 is 28.7 Å². The van der Waals surface area contributed by atoms with E-state index in [2.05, 4.69) is 31.9 Å². The van der Waals surface area contributed by atoms with E-state index in [1.807, 2.05) is 6.92 Å². The highest BCUT2D eigenvalue weighted by molar-refractivity contribution is 9.10. The first kappa shape index (κ1) is 19.3. The van der Waals surface area contributed by atoms with Crippen LogP contribution >= 0.6 is 31.9 Å². The quantitative estimate of drug-likeness (QED) is 0.260. The summed E-state index contributed by atoms with van der Waals surface area (Å²) < 4.78 is 12.1. The second-order valence-electron chi connectivity index (χ2n) is 6.97. The maximum Gasteiger partial charge on any atom is 0.330 e. The summed E-state index contributed by atoms with van der Waals surface area (Å²) in [6, 6.07) is 12.1. The maximum absolute atomic E-state index is 13.7. The van der Waals surface area contributed by atoms with Gasteiger partial charge in [-0.3, -0.25) is 14.4 Å². The van der Waals surface area contributed by atoms with Gasteiger partial charge in [-0.1, -0.05) is 50.9 Å². The lowest BCUT2D eigenvalue weighted by molar-refractivity contribution is -0.160. The molecule has 2 aliphatic rings. The van der Waals surface area contributed by atoms with Crippen molar-refractivity contribution in [2.75, 3.05) is 7.11 Å². The number of fused-ring (bicyclic) bond motifs is 3. The monoisotopic (exact) mass is 506 g/mol. The zero-order valence-electron chi connectivity index (χ0n) is 15.1. The summed E-state index contributed by atoms with van der Waals surface area (Å²) in [5, 5.41) is 0. The van der Waals surface area contributed by atoms with Crippen molar-refractivity contribution in [1.82, 2.24) is 0 Å². The van der Waals surface area contributed by atoms with E-state index >= 15 is 0 Å². The van der Waals surface area contributed by atoms with Crippen molar-refractivity contribution in [3.8, 4) is 5.75 Å². The summed E-state index contributed by atoms with van der Waals surface area (Å²) in [7, 11) is 1.22. The first-order valence-electron chi connectivity index (χ1n) is 8.75. The Morgan fingerprint density at radius 1 is 1.11 bits per heavy atom. The van der Waals surface area contributed by atoms with Crippen LogP contribution < -0.4 is 4.74 Å². The summed E-state index contributed by atoms with van der Waals surface area (Å²) in [5.41, 5.74) is -1.83. The number of methoxy groups -OCH3 is 1. The molecule has 0 spiro atoms. The van der Waals surface area contributed by atoms with Crippen LogP contribution in [0.5, 0.6) is 5.75 Å². The van der Waals surface area contributed by atoms with Crippen molar-refractivity contribution in [3.05, 3.63) is 62.5 Å². The summed E-state index contributed by atoms with van der Waals surface area (Å²) in [6.07, 6.45) is 0.294. The first-order chi connectivity index (χ1) is 13.3. The van der Waals surface area contributed by atoms with Crippen LogP contribution in [0.25, 0.3) is 0 Å². The molecule has 1 aliphatic heterocycles. The molecule has 1 aliphatic carbocycles. The Morgan fingerprint density at radius 2 is 1.75 bits per heavy atom. The fraction of sp³-hybridized carbons (Fsp3) is 0.286. The topological polar surface area (TPSA) is 69.7 Å². The number of Topliss-reactive ketones (excluding diaryl/α,β-unsaturated/α-hetero) is 1. The van der Waals surface area contributed by atoms with E-state index in [0.29, 0.717) is 23.3 Å². The number of rotatable bonds is 4. The molecule has 2 aromatic carbocycles. The van der Waals surface area contributed by atoms with Crippen LogP contribution in [0.2, 0.25) is 0 Å². The molecule has 0 radical (unpaired) electrons. The van der Waals surface area contributed by atoms with E-state index in [9.17, 15) is 14.4 Å². The number of ether oxygens (including phenoxy) is 2. The van der Waals surface area contributed by atoms with E-state index in [-0.39, 0.29) is 5.78 Å². The number of benzene rings is 2. The highest BCUT2D eigenvalue weighted by Crippen LogP contribution is 2.80. The fourth-order valence-corrected chi connectivity index (χ4v) is 5.35. The van der Waals surface area contributed by atoms with Gasteiger partial charge in [0.1, 0.15) is 5.75 Å². The van der Waals surface area contributed by atoms with Gasteiger partial charge in [0, 0.05) is 26.0 Å². The molecule has 3 atom stereocenters. The largest absolute Gasteiger partial charge is 0.468 e. The van der Waals surface area contributed by atoms with E-state index in [0.717, 1.165) is 8.95 Å². The lowest BCUT2D eigenvalue weighted by Gasteiger charge is -2.22. The molecule has 0 amide bonds. The predicted octanol–water partition coefficient (Wildman–Crippen LogP) is 4.67. The van der Waals surface area contributed by atoms with Gasteiger partial charge in [0.2, 0.25) is 0 Å². The normalized spacial score (nSPS) is 27.3. The van der Waals surface area contributed by atoms with Crippen LogP contribution in [0.4, 0.5) is 0 Å². The van der Waals surface area contributed by atoms with Crippen molar-refractivity contribution in [2.45, 2.75) is 19.3 Å². The van der Waals surface area contributed by atoms with Crippen LogP contribution in [-0.4, -0.2) is 24.8 Å². The van der Waals surface area contributed by atoms with Gasteiger partial charge in [-0.2, -0.15) is 0 Å². The van der Waals surface area contributed by atoms with Gasteiger partial charge in [0.15, 0.2) is 11.2 Å². The standard InChI is InChI=1S/C21H16Br2O5/c1-3-20(17(24)11-4-6-12(22)7-5-11)16-14-10-13(23)8-9-15(14)28-19(26)21(16,20)18(25)27-2/h4-10,16H,3H2,1-2H3/t16-,20+,21+/m0/s1. The lowest BCUT2D eigenvalue weighted by Crippen LogP contribution is -2.40.